The third-order valence-corrected chi connectivity index (χ3v) is 6.28. The number of carbonyl (C=O) groups is 2. The molecule has 0 bridgehead atoms. The summed E-state index contributed by atoms with van der Waals surface area (Å²) in [5.41, 5.74) is 0.399. The van der Waals surface area contributed by atoms with Gasteiger partial charge in [-0.05, 0) is 42.5 Å². The molecule has 0 unspecified atom stereocenters. The van der Waals surface area contributed by atoms with E-state index < -0.39 is 32.6 Å². The number of rotatable bonds is 9. The van der Waals surface area contributed by atoms with E-state index in [-0.39, 0.29) is 25.3 Å². The molecule has 0 spiro atoms. The summed E-state index contributed by atoms with van der Waals surface area (Å²) in [5.74, 6) is -1.66. The fourth-order valence-electron chi connectivity index (χ4n) is 2.58. The fraction of sp³-hybridized carbons (Fsp3) is 0.300. The molecule has 0 aliphatic rings. The molecule has 0 aromatic heterocycles. The van der Waals surface area contributed by atoms with Crippen LogP contribution < -0.4 is 10.1 Å². The molecule has 0 aliphatic heterocycles. The molecule has 30 heavy (non-hydrogen) atoms. The molecular formula is C20H23FN2O6S. The Bertz CT molecular complexity index is 1000. The number of benzene rings is 2. The monoisotopic (exact) mass is 438 g/mol. The molecule has 2 aromatic rings. The average Bonchev–Trinajstić information content (AvgIpc) is 2.73. The topological polar surface area (TPSA) is 102 Å². The molecule has 1 amide bonds. The lowest BCUT2D eigenvalue weighted by Gasteiger charge is -2.19. The number of esters is 1. The van der Waals surface area contributed by atoms with E-state index in [1.165, 1.54) is 13.2 Å². The average molecular weight is 438 g/mol. The van der Waals surface area contributed by atoms with Crippen LogP contribution >= 0.6 is 0 Å². The van der Waals surface area contributed by atoms with Crippen molar-refractivity contribution in [2.75, 3.05) is 32.1 Å². The van der Waals surface area contributed by atoms with Crippen LogP contribution in [0.1, 0.15) is 24.2 Å². The van der Waals surface area contributed by atoms with Gasteiger partial charge in [0.15, 0.2) is 6.61 Å². The van der Waals surface area contributed by atoms with Crippen LogP contribution in [0.5, 0.6) is 5.75 Å². The van der Waals surface area contributed by atoms with Gasteiger partial charge in [-0.2, -0.15) is 4.31 Å². The minimum absolute atomic E-state index is 0.00634. The first-order chi connectivity index (χ1) is 14.2. The van der Waals surface area contributed by atoms with Gasteiger partial charge >= 0.3 is 5.97 Å². The van der Waals surface area contributed by atoms with Gasteiger partial charge in [0.2, 0.25) is 10.0 Å². The standard InChI is InChI=1S/C20H23FN2O6S/c1-4-23(5-2)30(26,27)18-12-14(6-11-17(18)21)20(25)22-15-7-9-16(10-8-15)29-13-19(24)28-3/h6-12H,4-5,13H2,1-3H3,(H,22,25). The van der Waals surface area contributed by atoms with Gasteiger partial charge in [-0.25, -0.2) is 17.6 Å². The summed E-state index contributed by atoms with van der Waals surface area (Å²) >= 11 is 0. The minimum Gasteiger partial charge on any atom is -0.482 e. The molecular weight excluding hydrogens is 415 g/mol. The maximum absolute atomic E-state index is 14.2. The van der Waals surface area contributed by atoms with E-state index in [4.69, 9.17) is 4.74 Å². The van der Waals surface area contributed by atoms with Crippen LogP contribution in [0.15, 0.2) is 47.4 Å². The molecule has 0 saturated carbocycles. The lowest BCUT2D eigenvalue weighted by molar-refractivity contribution is -0.142. The van der Waals surface area contributed by atoms with Gasteiger partial charge in [0.25, 0.3) is 5.91 Å². The molecule has 0 heterocycles. The molecule has 0 fully saturated rings. The molecule has 0 atom stereocenters. The van der Waals surface area contributed by atoms with E-state index >= 15 is 0 Å². The van der Waals surface area contributed by atoms with Crippen LogP contribution in [0.2, 0.25) is 0 Å². The highest BCUT2D eigenvalue weighted by Gasteiger charge is 2.26. The van der Waals surface area contributed by atoms with E-state index in [0.29, 0.717) is 11.4 Å². The number of nitrogens with one attached hydrogen (secondary N) is 1. The van der Waals surface area contributed by atoms with Gasteiger partial charge in [-0.15, -0.1) is 0 Å². The largest absolute Gasteiger partial charge is 0.482 e. The van der Waals surface area contributed by atoms with Crippen molar-refractivity contribution in [3.8, 4) is 5.75 Å². The summed E-state index contributed by atoms with van der Waals surface area (Å²) in [4.78, 5) is 23.0. The highest BCUT2D eigenvalue weighted by molar-refractivity contribution is 7.89. The van der Waals surface area contributed by atoms with Gasteiger partial charge in [0.05, 0.1) is 7.11 Å². The predicted octanol–water partition coefficient (Wildman–Crippen LogP) is 2.66. The number of hydrogen-bond donors (Lipinski definition) is 1. The van der Waals surface area contributed by atoms with Crippen molar-refractivity contribution in [1.29, 1.82) is 0 Å². The van der Waals surface area contributed by atoms with Crippen molar-refractivity contribution in [3.05, 3.63) is 53.8 Å². The third-order valence-electron chi connectivity index (χ3n) is 4.21. The summed E-state index contributed by atoms with van der Waals surface area (Å²) in [6, 6.07) is 9.35. The lowest BCUT2D eigenvalue weighted by atomic mass is 10.2. The molecule has 8 nitrogen and oxygen atoms in total. The normalized spacial score (nSPS) is 11.2. The SMILES string of the molecule is CCN(CC)S(=O)(=O)c1cc(C(=O)Nc2ccc(OCC(=O)OC)cc2)ccc1F. The number of sulfonamides is 1. The van der Waals surface area contributed by atoms with Crippen molar-refractivity contribution >= 4 is 27.6 Å². The zero-order chi connectivity index (χ0) is 22.3. The summed E-state index contributed by atoms with van der Waals surface area (Å²) < 4.78 is 50.3. The quantitative estimate of drug-likeness (QED) is 0.604. The van der Waals surface area contributed by atoms with Crippen LogP contribution in [-0.2, 0) is 19.6 Å². The minimum atomic E-state index is -4.06. The highest BCUT2D eigenvalue weighted by Crippen LogP contribution is 2.22. The molecule has 1 N–H and O–H groups in total. The number of nitrogens with zero attached hydrogens (tertiary/aromatic N) is 1. The zero-order valence-electron chi connectivity index (χ0n) is 16.8. The molecule has 2 rings (SSSR count). The van der Waals surface area contributed by atoms with Crippen LogP contribution in [-0.4, -0.2) is 51.4 Å². The van der Waals surface area contributed by atoms with Crippen molar-refractivity contribution in [2.45, 2.75) is 18.7 Å². The molecule has 2 aromatic carbocycles. The summed E-state index contributed by atoms with van der Waals surface area (Å²) in [6.07, 6.45) is 0. The second-order valence-electron chi connectivity index (χ2n) is 6.08. The molecule has 10 heteroatoms. The first-order valence-corrected chi connectivity index (χ1v) is 10.6. The third kappa shape index (κ3) is 5.55. The molecule has 0 aliphatic carbocycles. The van der Waals surface area contributed by atoms with Gasteiger partial charge in [-0.3, -0.25) is 4.79 Å². The number of hydrogen-bond acceptors (Lipinski definition) is 6. The van der Waals surface area contributed by atoms with Crippen molar-refractivity contribution in [1.82, 2.24) is 4.31 Å². The number of amides is 1. The van der Waals surface area contributed by atoms with Gasteiger partial charge in [0.1, 0.15) is 16.5 Å². The highest BCUT2D eigenvalue weighted by atomic mass is 32.2. The Labute approximate surface area is 174 Å². The van der Waals surface area contributed by atoms with E-state index in [9.17, 15) is 22.4 Å². The Balaban J connectivity index is 2.17. The first kappa shape index (κ1) is 23.3. The maximum atomic E-state index is 14.2. The summed E-state index contributed by atoms with van der Waals surface area (Å²) in [5, 5.41) is 2.60. The van der Waals surface area contributed by atoms with E-state index in [2.05, 4.69) is 10.1 Å². The first-order valence-electron chi connectivity index (χ1n) is 9.13. The van der Waals surface area contributed by atoms with E-state index in [1.807, 2.05) is 0 Å². The van der Waals surface area contributed by atoms with E-state index in [1.54, 1.807) is 38.1 Å². The summed E-state index contributed by atoms with van der Waals surface area (Å²) in [7, 11) is -2.81. The predicted molar refractivity (Wildman–Crippen MR) is 108 cm³/mol. The Morgan fingerprint density at radius 1 is 1.07 bits per heavy atom. The Kier molecular flexibility index (Phi) is 7.90. The summed E-state index contributed by atoms with van der Waals surface area (Å²) in [6.45, 7) is 3.40. The molecule has 0 radical (unpaired) electrons. The zero-order valence-corrected chi connectivity index (χ0v) is 17.7. The van der Waals surface area contributed by atoms with Crippen LogP contribution in [0, 0.1) is 5.82 Å². The van der Waals surface area contributed by atoms with Crippen LogP contribution in [0.25, 0.3) is 0 Å². The van der Waals surface area contributed by atoms with Crippen molar-refractivity contribution < 1.29 is 31.9 Å². The second kappa shape index (κ2) is 10.2. The van der Waals surface area contributed by atoms with Crippen LogP contribution in [0.4, 0.5) is 10.1 Å². The van der Waals surface area contributed by atoms with Crippen molar-refractivity contribution in [3.63, 3.8) is 0 Å². The fourth-order valence-corrected chi connectivity index (χ4v) is 4.13. The van der Waals surface area contributed by atoms with Crippen molar-refractivity contribution in [2.24, 2.45) is 0 Å². The number of methoxy groups -OCH3 is 1. The van der Waals surface area contributed by atoms with E-state index in [0.717, 1.165) is 16.4 Å². The number of ether oxygens (including phenoxy) is 2. The number of carbonyl (C=O) groups excluding carboxylic acids is 2. The van der Waals surface area contributed by atoms with Crippen LogP contribution in [0.3, 0.4) is 0 Å². The Morgan fingerprint density at radius 2 is 1.70 bits per heavy atom. The Morgan fingerprint density at radius 3 is 2.27 bits per heavy atom. The molecule has 0 saturated heterocycles. The Hall–Kier alpha value is -2.98. The smallest absolute Gasteiger partial charge is 0.343 e. The number of anilines is 1. The number of halogens is 1. The lowest BCUT2D eigenvalue weighted by Crippen LogP contribution is -2.31. The maximum Gasteiger partial charge on any atom is 0.343 e. The van der Waals surface area contributed by atoms with Gasteiger partial charge in [0, 0.05) is 24.3 Å². The van der Waals surface area contributed by atoms with Gasteiger partial charge in [-0.1, -0.05) is 13.8 Å². The molecule has 162 valence electrons. The second-order valence-corrected chi connectivity index (χ2v) is 7.98. The van der Waals surface area contributed by atoms with Gasteiger partial charge < -0.3 is 14.8 Å².